The summed E-state index contributed by atoms with van der Waals surface area (Å²) in [6.45, 7) is 15.5. The molecule has 0 saturated carbocycles. The van der Waals surface area contributed by atoms with Gasteiger partial charge in [0, 0.05) is 12.7 Å². The molecule has 1 aliphatic rings. The first kappa shape index (κ1) is 21.4. The van der Waals surface area contributed by atoms with Gasteiger partial charge in [-0.15, -0.1) is 0 Å². The van der Waals surface area contributed by atoms with E-state index >= 15 is 0 Å². The number of aromatic nitrogens is 2. The number of nitrogens with one attached hydrogen (secondary N) is 1. The Morgan fingerprint density at radius 1 is 1.22 bits per heavy atom. The number of hydrogen-bond donors (Lipinski definition) is 1. The molecule has 1 amide bonds. The monoisotopic (exact) mass is 375 g/mol. The van der Waals surface area contributed by atoms with Crippen LogP contribution in [0.25, 0.3) is 6.08 Å². The van der Waals surface area contributed by atoms with E-state index in [4.69, 9.17) is 14.0 Å². The second kappa shape index (κ2) is 7.60. The van der Waals surface area contributed by atoms with Crippen LogP contribution in [-0.4, -0.2) is 46.5 Å². The van der Waals surface area contributed by atoms with Gasteiger partial charge in [0.2, 0.25) is 0 Å². The summed E-state index contributed by atoms with van der Waals surface area (Å²) in [5, 5.41) is 2.77. The van der Waals surface area contributed by atoms with Gasteiger partial charge in [0.1, 0.15) is 5.60 Å². The molecule has 0 bridgehead atoms. The average Bonchev–Trinajstić information content (AvgIpc) is 2.70. The Labute approximate surface area is 162 Å². The van der Waals surface area contributed by atoms with Gasteiger partial charge >= 0.3 is 13.2 Å². The summed E-state index contributed by atoms with van der Waals surface area (Å²) in [5.74, 6) is 0. The molecule has 1 fully saturated rings. The molecule has 8 heteroatoms. The number of carbonyl (C=O) groups is 1. The van der Waals surface area contributed by atoms with Crippen molar-refractivity contribution in [2.24, 2.45) is 0 Å². The van der Waals surface area contributed by atoms with Crippen molar-refractivity contribution in [3.05, 3.63) is 29.3 Å². The number of amides is 1. The van der Waals surface area contributed by atoms with E-state index in [0.29, 0.717) is 5.69 Å². The standard InChI is InChI=1S/C19H30BN3O4/c1-13-10-21-12-15(23-13)9-14(11-22-16(24)25-17(2,3)4)20-26-18(5,6)19(7,8)27-20/h9-10,12H,11H2,1-8H3,(H,22,24). The summed E-state index contributed by atoms with van der Waals surface area (Å²) in [6, 6.07) is 0. The molecule has 1 aromatic heterocycles. The maximum Gasteiger partial charge on any atom is 0.492 e. The highest BCUT2D eigenvalue weighted by atomic mass is 16.7. The Hall–Kier alpha value is -1.93. The molecule has 27 heavy (non-hydrogen) atoms. The molecule has 0 aromatic carbocycles. The molecule has 0 radical (unpaired) electrons. The van der Waals surface area contributed by atoms with Crippen LogP contribution in [0.5, 0.6) is 0 Å². The first-order chi connectivity index (χ1) is 12.3. The lowest BCUT2D eigenvalue weighted by molar-refractivity contribution is 0.00578. The maximum atomic E-state index is 12.1. The average molecular weight is 375 g/mol. The molecule has 0 aliphatic carbocycles. The third-order valence-electron chi connectivity index (χ3n) is 4.50. The van der Waals surface area contributed by atoms with Crippen LogP contribution in [0.4, 0.5) is 4.79 Å². The van der Waals surface area contributed by atoms with Gasteiger partial charge < -0.3 is 19.4 Å². The summed E-state index contributed by atoms with van der Waals surface area (Å²) >= 11 is 0. The lowest BCUT2D eigenvalue weighted by Crippen LogP contribution is -2.41. The zero-order valence-electron chi connectivity index (χ0n) is 17.5. The van der Waals surface area contributed by atoms with Crippen LogP contribution in [-0.2, 0) is 14.0 Å². The number of ether oxygens (including phenoxy) is 1. The van der Waals surface area contributed by atoms with E-state index in [0.717, 1.165) is 11.2 Å². The van der Waals surface area contributed by atoms with Crippen LogP contribution < -0.4 is 5.32 Å². The van der Waals surface area contributed by atoms with E-state index in [-0.39, 0.29) is 6.54 Å². The normalized spacial score (nSPS) is 19.1. The van der Waals surface area contributed by atoms with Crippen molar-refractivity contribution in [3.63, 3.8) is 0 Å². The molecule has 2 heterocycles. The number of carbonyl (C=O) groups excluding carboxylic acids is 1. The highest BCUT2D eigenvalue weighted by Gasteiger charge is 2.52. The Morgan fingerprint density at radius 2 is 1.81 bits per heavy atom. The number of aryl methyl sites for hydroxylation is 1. The first-order valence-corrected chi connectivity index (χ1v) is 9.11. The lowest BCUT2D eigenvalue weighted by Gasteiger charge is -2.32. The van der Waals surface area contributed by atoms with Crippen LogP contribution in [0.15, 0.2) is 17.9 Å². The van der Waals surface area contributed by atoms with Gasteiger partial charge in [0.15, 0.2) is 0 Å². The van der Waals surface area contributed by atoms with Crippen LogP contribution in [0.3, 0.4) is 0 Å². The van der Waals surface area contributed by atoms with Crippen molar-refractivity contribution in [1.82, 2.24) is 15.3 Å². The zero-order valence-corrected chi connectivity index (χ0v) is 17.5. The minimum atomic E-state index is -0.604. The van der Waals surface area contributed by atoms with E-state index in [1.165, 1.54) is 0 Å². The number of alkyl carbamates (subject to hydrolysis) is 1. The quantitative estimate of drug-likeness (QED) is 0.813. The van der Waals surface area contributed by atoms with Crippen LogP contribution in [0.2, 0.25) is 0 Å². The van der Waals surface area contributed by atoms with Crippen molar-refractivity contribution < 1.29 is 18.8 Å². The summed E-state index contributed by atoms with van der Waals surface area (Å²) in [5.41, 5.74) is 0.671. The van der Waals surface area contributed by atoms with E-state index in [9.17, 15) is 4.79 Å². The summed E-state index contributed by atoms with van der Waals surface area (Å²) in [6.07, 6.45) is 4.68. The molecule has 2 rings (SSSR count). The SMILES string of the molecule is Cc1cncc(C=C(CNC(=O)OC(C)(C)C)B2OC(C)(C)C(C)(C)O2)n1. The largest absolute Gasteiger partial charge is 0.492 e. The highest BCUT2D eigenvalue weighted by Crippen LogP contribution is 2.38. The fourth-order valence-electron chi connectivity index (χ4n) is 2.43. The van der Waals surface area contributed by atoms with Gasteiger partial charge in [-0.05, 0) is 66.9 Å². The van der Waals surface area contributed by atoms with Gasteiger partial charge in [0.25, 0.3) is 0 Å². The van der Waals surface area contributed by atoms with Gasteiger partial charge in [0.05, 0.1) is 28.8 Å². The van der Waals surface area contributed by atoms with Crippen molar-refractivity contribution in [1.29, 1.82) is 0 Å². The predicted octanol–water partition coefficient (Wildman–Crippen LogP) is 3.32. The lowest BCUT2D eigenvalue weighted by atomic mass is 9.77. The van der Waals surface area contributed by atoms with Gasteiger partial charge in [-0.1, -0.05) is 0 Å². The van der Waals surface area contributed by atoms with Crippen molar-refractivity contribution >= 4 is 19.3 Å². The topological polar surface area (TPSA) is 82.6 Å². The van der Waals surface area contributed by atoms with E-state index < -0.39 is 30.0 Å². The van der Waals surface area contributed by atoms with Gasteiger partial charge in [-0.2, -0.15) is 0 Å². The third-order valence-corrected chi connectivity index (χ3v) is 4.50. The number of hydrogen-bond acceptors (Lipinski definition) is 6. The first-order valence-electron chi connectivity index (χ1n) is 9.11. The van der Waals surface area contributed by atoms with Crippen molar-refractivity contribution in [2.75, 3.05) is 6.54 Å². The number of rotatable bonds is 4. The van der Waals surface area contributed by atoms with E-state index in [1.54, 1.807) is 12.4 Å². The van der Waals surface area contributed by atoms with Gasteiger partial charge in [-0.25, -0.2) is 4.79 Å². The Kier molecular flexibility index (Phi) is 6.02. The van der Waals surface area contributed by atoms with Gasteiger partial charge in [-0.3, -0.25) is 9.97 Å². The molecule has 7 nitrogen and oxygen atoms in total. The van der Waals surface area contributed by atoms with E-state index in [1.807, 2.05) is 61.5 Å². The second-order valence-corrected chi connectivity index (χ2v) is 8.75. The van der Waals surface area contributed by atoms with E-state index in [2.05, 4.69) is 15.3 Å². The van der Waals surface area contributed by atoms with Crippen LogP contribution >= 0.6 is 0 Å². The van der Waals surface area contributed by atoms with Crippen LogP contribution in [0.1, 0.15) is 59.9 Å². The van der Waals surface area contributed by atoms with Crippen LogP contribution in [0, 0.1) is 6.92 Å². The molecule has 1 saturated heterocycles. The number of nitrogens with zero attached hydrogens (tertiary/aromatic N) is 2. The second-order valence-electron chi connectivity index (χ2n) is 8.75. The molecule has 1 aromatic rings. The molecular formula is C19H30BN3O4. The zero-order chi connectivity index (χ0) is 20.5. The molecule has 1 N–H and O–H groups in total. The molecule has 0 spiro atoms. The summed E-state index contributed by atoms with van der Waals surface area (Å²) in [7, 11) is -0.604. The predicted molar refractivity (Wildman–Crippen MR) is 105 cm³/mol. The molecule has 0 atom stereocenters. The van der Waals surface area contributed by atoms with Crippen molar-refractivity contribution in [3.8, 4) is 0 Å². The summed E-state index contributed by atoms with van der Waals surface area (Å²) < 4.78 is 17.6. The fraction of sp³-hybridized carbons (Fsp3) is 0.632. The molecule has 1 aliphatic heterocycles. The molecule has 0 unspecified atom stereocenters. The molecule has 148 valence electrons. The maximum absolute atomic E-state index is 12.1. The smallest absolute Gasteiger partial charge is 0.444 e. The fourth-order valence-corrected chi connectivity index (χ4v) is 2.43. The Morgan fingerprint density at radius 3 is 2.33 bits per heavy atom. The minimum absolute atomic E-state index is 0.210. The minimum Gasteiger partial charge on any atom is -0.444 e. The summed E-state index contributed by atoms with van der Waals surface area (Å²) in [4.78, 5) is 20.7. The Balaban J connectivity index is 2.23. The highest BCUT2D eigenvalue weighted by molar-refractivity contribution is 6.56. The van der Waals surface area contributed by atoms with Crippen molar-refractivity contribution in [2.45, 2.75) is 72.2 Å². The molecular weight excluding hydrogens is 345 g/mol. The third kappa shape index (κ3) is 5.77. The Bertz CT molecular complexity index is 710.